The van der Waals surface area contributed by atoms with E-state index in [9.17, 15) is 4.79 Å². The van der Waals surface area contributed by atoms with Gasteiger partial charge in [0.25, 0.3) is 0 Å². The standard InChI is InChI=1S/C16H24N2O/c17-11-5-9-13-8-4-10-14(16(18)19)15(13)12-6-2-1-3-7-12/h4,8,10,12H,1-3,5-7,9,11,17H2,(H2,18,19). The quantitative estimate of drug-likeness (QED) is 0.854. The first-order valence-corrected chi connectivity index (χ1v) is 7.35. The third-order valence-corrected chi connectivity index (χ3v) is 4.13. The molecule has 19 heavy (non-hydrogen) atoms. The van der Waals surface area contributed by atoms with Gasteiger partial charge in [-0.3, -0.25) is 4.79 Å². The summed E-state index contributed by atoms with van der Waals surface area (Å²) in [6.45, 7) is 0.685. The molecule has 3 heteroatoms. The van der Waals surface area contributed by atoms with E-state index < -0.39 is 0 Å². The molecular weight excluding hydrogens is 236 g/mol. The van der Waals surface area contributed by atoms with Crippen LogP contribution in [0.1, 0.15) is 65.9 Å². The molecule has 0 aliphatic heterocycles. The number of carbonyl (C=O) groups is 1. The van der Waals surface area contributed by atoms with Crippen LogP contribution in [0, 0.1) is 0 Å². The lowest BCUT2D eigenvalue weighted by molar-refractivity contribution is 0.0998. The van der Waals surface area contributed by atoms with Crippen molar-refractivity contribution in [1.82, 2.24) is 0 Å². The number of hydrogen-bond acceptors (Lipinski definition) is 2. The molecule has 1 fully saturated rings. The van der Waals surface area contributed by atoms with Crippen LogP contribution in [0.3, 0.4) is 0 Å². The van der Waals surface area contributed by atoms with Crippen LogP contribution < -0.4 is 11.5 Å². The van der Waals surface area contributed by atoms with E-state index in [2.05, 4.69) is 6.07 Å². The Morgan fingerprint density at radius 2 is 1.95 bits per heavy atom. The number of primary amides is 1. The SMILES string of the molecule is NCCCc1cccc(C(N)=O)c1C1CCCCC1. The first kappa shape index (κ1) is 14.1. The molecule has 2 rings (SSSR count). The van der Waals surface area contributed by atoms with Crippen LogP contribution >= 0.6 is 0 Å². The largest absolute Gasteiger partial charge is 0.366 e. The minimum atomic E-state index is -0.296. The summed E-state index contributed by atoms with van der Waals surface area (Å²) >= 11 is 0. The van der Waals surface area contributed by atoms with E-state index in [0.717, 1.165) is 18.4 Å². The van der Waals surface area contributed by atoms with Gasteiger partial charge < -0.3 is 11.5 Å². The second-order valence-electron chi connectivity index (χ2n) is 5.47. The van der Waals surface area contributed by atoms with Crippen LogP contribution in [0.15, 0.2) is 18.2 Å². The Bertz CT molecular complexity index is 436. The van der Waals surface area contributed by atoms with Crippen LogP contribution in [-0.2, 0) is 6.42 Å². The molecule has 0 radical (unpaired) electrons. The molecule has 1 saturated carbocycles. The highest BCUT2D eigenvalue weighted by atomic mass is 16.1. The molecule has 0 heterocycles. The predicted octanol–water partition coefficient (Wildman–Crippen LogP) is 2.72. The van der Waals surface area contributed by atoms with Crippen molar-refractivity contribution in [3.63, 3.8) is 0 Å². The molecular formula is C16H24N2O. The normalized spacial score (nSPS) is 16.5. The van der Waals surface area contributed by atoms with Gasteiger partial charge in [0.1, 0.15) is 0 Å². The fourth-order valence-corrected chi connectivity index (χ4v) is 3.21. The Morgan fingerprint density at radius 3 is 2.58 bits per heavy atom. The van der Waals surface area contributed by atoms with Crippen molar-refractivity contribution in [2.75, 3.05) is 6.54 Å². The van der Waals surface area contributed by atoms with Crippen molar-refractivity contribution < 1.29 is 4.79 Å². The average molecular weight is 260 g/mol. The van der Waals surface area contributed by atoms with Gasteiger partial charge in [-0.2, -0.15) is 0 Å². The van der Waals surface area contributed by atoms with Crippen molar-refractivity contribution in [2.45, 2.75) is 50.9 Å². The lowest BCUT2D eigenvalue weighted by Crippen LogP contribution is -2.19. The van der Waals surface area contributed by atoms with Gasteiger partial charge in [-0.15, -0.1) is 0 Å². The van der Waals surface area contributed by atoms with Crippen molar-refractivity contribution in [2.24, 2.45) is 11.5 Å². The number of hydrogen-bond donors (Lipinski definition) is 2. The van der Waals surface area contributed by atoms with Crippen molar-refractivity contribution in [1.29, 1.82) is 0 Å². The molecule has 0 spiro atoms. The highest BCUT2D eigenvalue weighted by Crippen LogP contribution is 2.36. The highest BCUT2D eigenvalue weighted by Gasteiger charge is 2.22. The summed E-state index contributed by atoms with van der Waals surface area (Å²) in [5.74, 6) is 0.209. The summed E-state index contributed by atoms with van der Waals surface area (Å²) in [6.07, 6.45) is 8.10. The van der Waals surface area contributed by atoms with Crippen molar-refractivity contribution >= 4 is 5.91 Å². The van der Waals surface area contributed by atoms with E-state index in [-0.39, 0.29) is 5.91 Å². The van der Waals surface area contributed by atoms with E-state index in [1.807, 2.05) is 12.1 Å². The molecule has 4 N–H and O–H groups in total. The monoisotopic (exact) mass is 260 g/mol. The summed E-state index contributed by atoms with van der Waals surface area (Å²) < 4.78 is 0. The van der Waals surface area contributed by atoms with Crippen LogP contribution in [0.5, 0.6) is 0 Å². The summed E-state index contributed by atoms with van der Waals surface area (Å²) in [5.41, 5.74) is 14.4. The second-order valence-corrected chi connectivity index (χ2v) is 5.47. The first-order valence-electron chi connectivity index (χ1n) is 7.35. The highest BCUT2D eigenvalue weighted by molar-refractivity contribution is 5.94. The summed E-state index contributed by atoms with van der Waals surface area (Å²) in [4.78, 5) is 11.7. The van der Waals surface area contributed by atoms with E-state index in [1.165, 1.54) is 43.2 Å². The Labute approximate surface area is 115 Å². The maximum atomic E-state index is 11.7. The van der Waals surface area contributed by atoms with Crippen molar-refractivity contribution in [3.8, 4) is 0 Å². The molecule has 3 nitrogen and oxygen atoms in total. The number of rotatable bonds is 5. The summed E-state index contributed by atoms with van der Waals surface area (Å²) in [6, 6.07) is 5.95. The topological polar surface area (TPSA) is 69.1 Å². The van der Waals surface area contributed by atoms with Gasteiger partial charge in [0.2, 0.25) is 5.91 Å². The number of carbonyl (C=O) groups excluding carboxylic acids is 1. The van der Waals surface area contributed by atoms with Crippen LogP contribution in [0.4, 0.5) is 0 Å². The predicted molar refractivity (Wildman–Crippen MR) is 78.2 cm³/mol. The smallest absolute Gasteiger partial charge is 0.248 e. The maximum Gasteiger partial charge on any atom is 0.248 e. The Balaban J connectivity index is 2.36. The fraction of sp³-hybridized carbons (Fsp3) is 0.562. The first-order chi connectivity index (χ1) is 9.24. The third kappa shape index (κ3) is 3.35. The van der Waals surface area contributed by atoms with Gasteiger partial charge in [0, 0.05) is 5.56 Å². The molecule has 1 amide bonds. The maximum absolute atomic E-state index is 11.7. The van der Waals surface area contributed by atoms with Crippen LogP contribution in [-0.4, -0.2) is 12.5 Å². The van der Waals surface area contributed by atoms with Gasteiger partial charge in [-0.1, -0.05) is 31.4 Å². The average Bonchev–Trinajstić information content (AvgIpc) is 2.45. The van der Waals surface area contributed by atoms with Gasteiger partial charge in [0.15, 0.2) is 0 Å². The number of benzene rings is 1. The zero-order valence-electron chi connectivity index (χ0n) is 11.5. The zero-order chi connectivity index (χ0) is 13.7. The Hall–Kier alpha value is -1.35. The third-order valence-electron chi connectivity index (χ3n) is 4.13. The number of nitrogens with two attached hydrogens (primary N) is 2. The van der Waals surface area contributed by atoms with E-state index in [0.29, 0.717) is 12.5 Å². The number of aryl methyl sites for hydroxylation is 1. The molecule has 0 bridgehead atoms. The second kappa shape index (κ2) is 6.71. The molecule has 104 valence electrons. The molecule has 1 aromatic carbocycles. The molecule has 0 atom stereocenters. The zero-order valence-corrected chi connectivity index (χ0v) is 11.5. The molecule has 1 aliphatic rings. The lowest BCUT2D eigenvalue weighted by atomic mass is 9.79. The minimum Gasteiger partial charge on any atom is -0.366 e. The summed E-state index contributed by atoms with van der Waals surface area (Å²) in [7, 11) is 0. The van der Waals surface area contributed by atoms with Gasteiger partial charge >= 0.3 is 0 Å². The minimum absolute atomic E-state index is 0.296. The molecule has 1 aromatic rings. The Morgan fingerprint density at radius 1 is 1.21 bits per heavy atom. The Kier molecular flexibility index (Phi) is 4.97. The summed E-state index contributed by atoms with van der Waals surface area (Å²) in [5, 5.41) is 0. The van der Waals surface area contributed by atoms with Gasteiger partial charge in [-0.05, 0) is 55.3 Å². The van der Waals surface area contributed by atoms with Gasteiger partial charge in [-0.25, -0.2) is 0 Å². The van der Waals surface area contributed by atoms with Crippen molar-refractivity contribution in [3.05, 3.63) is 34.9 Å². The van der Waals surface area contributed by atoms with E-state index in [4.69, 9.17) is 11.5 Å². The van der Waals surface area contributed by atoms with Gasteiger partial charge in [0.05, 0.1) is 0 Å². The fourth-order valence-electron chi connectivity index (χ4n) is 3.21. The molecule has 0 unspecified atom stereocenters. The van der Waals surface area contributed by atoms with E-state index in [1.54, 1.807) is 0 Å². The van der Waals surface area contributed by atoms with E-state index >= 15 is 0 Å². The lowest BCUT2D eigenvalue weighted by Gasteiger charge is -2.26. The van der Waals surface area contributed by atoms with Crippen LogP contribution in [0.25, 0.3) is 0 Å². The molecule has 0 aromatic heterocycles. The molecule has 1 aliphatic carbocycles. The molecule has 0 saturated heterocycles. The van der Waals surface area contributed by atoms with Crippen LogP contribution in [0.2, 0.25) is 0 Å². The number of amides is 1.